The molecule has 0 bridgehead atoms. The number of ether oxygens (including phenoxy) is 1. The number of fused-ring (bicyclic) bond motifs is 1. The summed E-state index contributed by atoms with van der Waals surface area (Å²) in [5.41, 5.74) is 1.55. The summed E-state index contributed by atoms with van der Waals surface area (Å²) in [4.78, 5) is 30.5. The Morgan fingerprint density at radius 1 is 1.06 bits per heavy atom. The summed E-state index contributed by atoms with van der Waals surface area (Å²) < 4.78 is 6.94. The fourth-order valence-electron chi connectivity index (χ4n) is 3.10. The van der Waals surface area contributed by atoms with Crippen LogP contribution in [0.5, 0.6) is 5.75 Å². The Labute approximate surface area is 187 Å². The van der Waals surface area contributed by atoms with Crippen LogP contribution in [0.1, 0.15) is 0 Å². The molecule has 1 N–H and O–H groups in total. The monoisotopic (exact) mass is 451 g/mol. The highest BCUT2D eigenvalue weighted by atomic mass is 35.5. The van der Waals surface area contributed by atoms with Crippen molar-refractivity contribution >= 4 is 45.9 Å². The van der Waals surface area contributed by atoms with Gasteiger partial charge in [0.1, 0.15) is 5.75 Å². The van der Waals surface area contributed by atoms with Gasteiger partial charge in [0.2, 0.25) is 5.91 Å². The molecule has 0 radical (unpaired) electrons. The molecule has 0 atom stereocenters. The topological polar surface area (TPSA) is 73.2 Å². The Hall–Kier alpha value is -3.29. The zero-order valence-corrected chi connectivity index (χ0v) is 18.1. The van der Waals surface area contributed by atoms with E-state index < -0.39 is 0 Å². The van der Waals surface area contributed by atoms with Crippen LogP contribution >= 0.6 is 23.4 Å². The smallest absolute Gasteiger partial charge is 0.266 e. The van der Waals surface area contributed by atoms with E-state index in [0.29, 0.717) is 38.2 Å². The molecule has 4 rings (SSSR count). The molecular weight excluding hydrogens is 434 g/mol. The second kappa shape index (κ2) is 9.24. The first-order valence-electron chi connectivity index (χ1n) is 9.40. The molecule has 0 aliphatic carbocycles. The maximum Gasteiger partial charge on any atom is 0.266 e. The van der Waals surface area contributed by atoms with Crippen LogP contribution in [0.4, 0.5) is 5.69 Å². The van der Waals surface area contributed by atoms with E-state index >= 15 is 0 Å². The first kappa shape index (κ1) is 21.0. The summed E-state index contributed by atoms with van der Waals surface area (Å²) >= 11 is 7.06. The van der Waals surface area contributed by atoms with Crippen LogP contribution in [0.3, 0.4) is 0 Å². The van der Waals surface area contributed by atoms with Crippen LogP contribution < -0.4 is 15.6 Å². The molecular formula is C23H18ClN3O3S. The summed E-state index contributed by atoms with van der Waals surface area (Å²) in [5, 5.41) is 4.30. The van der Waals surface area contributed by atoms with Gasteiger partial charge in [-0.2, -0.15) is 0 Å². The van der Waals surface area contributed by atoms with Crippen molar-refractivity contribution in [3.05, 3.63) is 88.2 Å². The number of halogens is 1. The van der Waals surface area contributed by atoms with Crippen molar-refractivity contribution < 1.29 is 9.53 Å². The zero-order valence-electron chi connectivity index (χ0n) is 16.5. The lowest BCUT2D eigenvalue weighted by molar-refractivity contribution is -0.113. The molecule has 0 fully saturated rings. The van der Waals surface area contributed by atoms with E-state index in [9.17, 15) is 9.59 Å². The van der Waals surface area contributed by atoms with Crippen LogP contribution in [0.2, 0.25) is 5.02 Å². The highest BCUT2D eigenvalue weighted by Crippen LogP contribution is 2.27. The van der Waals surface area contributed by atoms with Gasteiger partial charge in [0.25, 0.3) is 5.56 Å². The van der Waals surface area contributed by atoms with Crippen molar-refractivity contribution in [2.45, 2.75) is 5.16 Å². The molecule has 0 aliphatic rings. The number of thioether (sulfide) groups is 1. The molecule has 1 aromatic heterocycles. The van der Waals surface area contributed by atoms with Crippen LogP contribution in [0.25, 0.3) is 16.6 Å². The number of amides is 1. The number of rotatable bonds is 6. The number of para-hydroxylation sites is 3. The van der Waals surface area contributed by atoms with Crippen LogP contribution in [-0.4, -0.2) is 28.3 Å². The number of carbonyl (C=O) groups is 1. The van der Waals surface area contributed by atoms with E-state index in [1.54, 1.807) is 61.7 Å². The Kier molecular flexibility index (Phi) is 6.25. The fraction of sp³-hybridized carbons (Fsp3) is 0.0870. The highest BCUT2D eigenvalue weighted by Gasteiger charge is 2.17. The molecule has 0 unspecified atom stereocenters. The summed E-state index contributed by atoms with van der Waals surface area (Å²) in [6, 6.07) is 21.2. The number of anilines is 1. The lowest BCUT2D eigenvalue weighted by atomic mass is 10.2. The number of nitrogens with zero attached hydrogens (tertiary/aromatic N) is 2. The molecule has 31 heavy (non-hydrogen) atoms. The van der Waals surface area contributed by atoms with Crippen LogP contribution in [0.15, 0.2) is 82.7 Å². The largest absolute Gasteiger partial charge is 0.495 e. The van der Waals surface area contributed by atoms with Gasteiger partial charge in [0.05, 0.1) is 29.5 Å². The molecule has 0 saturated carbocycles. The van der Waals surface area contributed by atoms with Crippen molar-refractivity contribution in [2.24, 2.45) is 0 Å². The van der Waals surface area contributed by atoms with E-state index in [1.165, 1.54) is 16.3 Å². The molecule has 0 spiro atoms. The van der Waals surface area contributed by atoms with Crippen molar-refractivity contribution in [1.29, 1.82) is 0 Å². The molecule has 8 heteroatoms. The number of benzene rings is 3. The molecule has 1 heterocycles. The molecule has 6 nitrogen and oxygen atoms in total. The molecule has 156 valence electrons. The van der Waals surface area contributed by atoms with Crippen LogP contribution in [0, 0.1) is 0 Å². The predicted molar refractivity (Wildman–Crippen MR) is 125 cm³/mol. The highest BCUT2D eigenvalue weighted by molar-refractivity contribution is 7.99. The van der Waals surface area contributed by atoms with E-state index in [4.69, 9.17) is 16.3 Å². The van der Waals surface area contributed by atoms with Gasteiger partial charge in [-0.15, -0.1) is 0 Å². The second-order valence-corrected chi connectivity index (χ2v) is 7.95. The zero-order chi connectivity index (χ0) is 21.8. The normalized spacial score (nSPS) is 10.8. The molecule has 1 amide bonds. The average molecular weight is 452 g/mol. The van der Waals surface area contributed by atoms with Gasteiger partial charge in [0, 0.05) is 10.7 Å². The van der Waals surface area contributed by atoms with Gasteiger partial charge in [0.15, 0.2) is 5.16 Å². The third-order valence-corrected chi connectivity index (χ3v) is 5.72. The van der Waals surface area contributed by atoms with Gasteiger partial charge in [-0.25, -0.2) is 4.98 Å². The minimum Gasteiger partial charge on any atom is -0.495 e. The summed E-state index contributed by atoms with van der Waals surface area (Å²) in [6.07, 6.45) is 0. The molecule has 0 saturated heterocycles. The quantitative estimate of drug-likeness (QED) is 0.337. The standard InChI is InChI=1S/C23H18ClN3O3S/c1-30-20-9-5-4-8-19(20)27-22(29)17-6-2-3-7-18(17)26-23(27)31-14-21(28)25-16-12-10-15(24)11-13-16/h2-13H,14H2,1H3,(H,25,28). The summed E-state index contributed by atoms with van der Waals surface area (Å²) in [5.74, 6) is 0.387. The van der Waals surface area contributed by atoms with Gasteiger partial charge >= 0.3 is 0 Å². The number of carbonyl (C=O) groups excluding carboxylic acids is 1. The average Bonchev–Trinajstić information content (AvgIpc) is 2.79. The molecule has 4 aromatic rings. The van der Waals surface area contributed by atoms with Gasteiger partial charge < -0.3 is 10.1 Å². The first-order valence-corrected chi connectivity index (χ1v) is 10.8. The predicted octanol–water partition coefficient (Wildman–Crippen LogP) is 4.78. The van der Waals surface area contributed by atoms with Crippen molar-refractivity contribution in [1.82, 2.24) is 9.55 Å². The SMILES string of the molecule is COc1ccccc1-n1c(SCC(=O)Nc2ccc(Cl)cc2)nc2ccccc2c1=O. The Morgan fingerprint density at radius 2 is 1.77 bits per heavy atom. The van der Waals surface area contributed by atoms with E-state index in [0.717, 1.165) is 0 Å². The Bertz CT molecular complexity index is 1310. The maximum atomic E-state index is 13.3. The number of hydrogen-bond acceptors (Lipinski definition) is 5. The minimum atomic E-state index is -0.226. The molecule has 0 aliphatic heterocycles. The minimum absolute atomic E-state index is 0.0720. The van der Waals surface area contributed by atoms with Gasteiger partial charge in [-0.05, 0) is 48.5 Å². The van der Waals surface area contributed by atoms with Gasteiger partial charge in [-0.3, -0.25) is 14.2 Å². The third-order valence-electron chi connectivity index (χ3n) is 4.53. The Balaban J connectivity index is 1.70. The van der Waals surface area contributed by atoms with Crippen molar-refractivity contribution in [3.8, 4) is 11.4 Å². The Morgan fingerprint density at radius 3 is 2.55 bits per heavy atom. The van der Waals surface area contributed by atoms with E-state index in [1.807, 2.05) is 18.2 Å². The second-order valence-electron chi connectivity index (χ2n) is 6.57. The van der Waals surface area contributed by atoms with E-state index in [2.05, 4.69) is 10.3 Å². The van der Waals surface area contributed by atoms with Crippen molar-refractivity contribution in [3.63, 3.8) is 0 Å². The summed E-state index contributed by atoms with van der Waals surface area (Å²) in [6.45, 7) is 0. The first-order chi connectivity index (χ1) is 15.1. The maximum absolute atomic E-state index is 13.3. The number of aromatic nitrogens is 2. The lowest BCUT2D eigenvalue weighted by Gasteiger charge is -2.15. The van der Waals surface area contributed by atoms with Crippen LogP contribution in [-0.2, 0) is 4.79 Å². The van der Waals surface area contributed by atoms with Crippen molar-refractivity contribution in [2.75, 3.05) is 18.2 Å². The molecule has 3 aromatic carbocycles. The number of nitrogens with one attached hydrogen (secondary N) is 1. The number of hydrogen-bond donors (Lipinski definition) is 1. The van der Waals surface area contributed by atoms with Gasteiger partial charge in [-0.1, -0.05) is 47.6 Å². The van der Waals surface area contributed by atoms with E-state index in [-0.39, 0.29) is 17.2 Å². The third kappa shape index (κ3) is 4.57. The summed E-state index contributed by atoms with van der Waals surface area (Å²) in [7, 11) is 1.55. The fourth-order valence-corrected chi connectivity index (χ4v) is 4.03. The number of methoxy groups -OCH3 is 1. The lowest BCUT2D eigenvalue weighted by Crippen LogP contribution is -2.23.